The van der Waals surface area contributed by atoms with Crippen molar-refractivity contribution in [1.82, 2.24) is 5.32 Å². The second-order valence-corrected chi connectivity index (χ2v) is 5.97. The number of nitrogens with one attached hydrogen (secondary N) is 1. The van der Waals surface area contributed by atoms with Gasteiger partial charge in [0.25, 0.3) is 0 Å². The molecule has 0 saturated carbocycles. The van der Waals surface area contributed by atoms with E-state index in [1.807, 2.05) is 38.1 Å². The maximum absolute atomic E-state index is 12.5. The lowest BCUT2D eigenvalue weighted by atomic mass is 9.96. The van der Waals surface area contributed by atoms with Crippen molar-refractivity contribution < 1.29 is 9.59 Å². The zero-order chi connectivity index (χ0) is 14.0. The van der Waals surface area contributed by atoms with Crippen LogP contribution in [0.3, 0.4) is 0 Å². The smallest absolute Gasteiger partial charge is 0.250 e. The van der Waals surface area contributed by atoms with Gasteiger partial charge in [-0.25, -0.2) is 0 Å². The maximum Gasteiger partial charge on any atom is 0.250 e. The number of piperazine rings is 1. The zero-order valence-electron chi connectivity index (χ0n) is 11.0. The molecule has 102 valence electrons. The van der Waals surface area contributed by atoms with Crippen LogP contribution in [0, 0.1) is 9.49 Å². The Morgan fingerprint density at radius 3 is 2.74 bits per heavy atom. The topological polar surface area (TPSA) is 49.4 Å². The molecule has 0 spiro atoms. The van der Waals surface area contributed by atoms with Crippen LogP contribution >= 0.6 is 22.6 Å². The van der Waals surface area contributed by atoms with Crippen molar-refractivity contribution in [1.29, 1.82) is 0 Å². The predicted octanol–water partition coefficient (Wildman–Crippen LogP) is 2.17. The van der Waals surface area contributed by atoms with Gasteiger partial charge in [-0.1, -0.05) is 32.4 Å². The molecule has 1 aliphatic rings. The van der Waals surface area contributed by atoms with Crippen LogP contribution < -0.4 is 10.2 Å². The van der Waals surface area contributed by atoms with Crippen molar-refractivity contribution >= 4 is 40.1 Å². The molecular weight excluding hydrogens is 355 g/mol. The van der Waals surface area contributed by atoms with E-state index in [9.17, 15) is 9.59 Å². The molecule has 2 rings (SSSR count). The summed E-state index contributed by atoms with van der Waals surface area (Å²) in [7, 11) is 0. The first-order valence-electron chi connectivity index (χ1n) is 6.39. The molecule has 1 aromatic carbocycles. The first-order chi connectivity index (χ1) is 9.04. The molecule has 0 aliphatic carbocycles. The molecule has 2 atom stereocenters. The molecule has 19 heavy (non-hydrogen) atoms. The highest BCUT2D eigenvalue weighted by molar-refractivity contribution is 14.1. The van der Waals surface area contributed by atoms with Crippen molar-refractivity contribution in [3.63, 3.8) is 0 Å². The number of anilines is 1. The number of halogens is 1. The molecule has 2 amide bonds. The maximum atomic E-state index is 12.5. The molecule has 0 aromatic heterocycles. The molecule has 5 heteroatoms. The fraction of sp³-hybridized carbons (Fsp3) is 0.429. The Labute approximate surface area is 126 Å². The van der Waals surface area contributed by atoms with Gasteiger partial charge in [-0.2, -0.15) is 0 Å². The highest BCUT2D eigenvalue weighted by Gasteiger charge is 2.36. The lowest BCUT2D eigenvalue weighted by Gasteiger charge is -2.35. The normalized spacial score (nSPS) is 21.2. The standard InChI is InChI=1S/C14H17IN2O2/c1-3-9(2)13-14(19)17(8-12(18)16-13)11-7-5-4-6-10(11)15/h4-7,9,13H,3,8H2,1-2H3,(H,16,18). The number of nitrogens with zero attached hydrogens (tertiary/aromatic N) is 1. The van der Waals surface area contributed by atoms with E-state index < -0.39 is 6.04 Å². The van der Waals surface area contributed by atoms with Gasteiger partial charge >= 0.3 is 0 Å². The average Bonchev–Trinajstić information content (AvgIpc) is 2.41. The average molecular weight is 372 g/mol. The molecule has 0 bridgehead atoms. The van der Waals surface area contributed by atoms with E-state index in [1.54, 1.807) is 4.90 Å². The minimum Gasteiger partial charge on any atom is -0.342 e. The van der Waals surface area contributed by atoms with Crippen molar-refractivity contribution in [3.05, 3.63) is 27.8 Å². The van der Waals surface area contributed by atoms with Crippen LogP contribution in [0.4, 0.5) is 5.69 Å². The summed E-state index contributed by atoms with van der Waals surface area (Å²) in [4.78, 5) is 26.0. The third kappa shape index (κ3) is 2.91. The van der Waals surface area contributed by atoms with Gasteiger partial charge in [-0.05, 0) is 40.6 Å². The minimum absolute atomic E-state index is 0.0157. The highest BCUT2D eigenvalue weighted by Crippen LogP contribution is 2.25. The third-order valence-electron chi connectivity index (χ3n) is 3.51. The summed E-state index contributed by atoms with van der Waals surface area (Å²) < 4.78 is 0.978. The Balaban J connectivity index is 2.33. The first kappa shape index (κ1) is 14.3. The molecular formula is C14H17IN2O2. The van der Waals surface area contributed by atoms with Crippen LogP contribution in [-0.4, -0.2) is 24.4 Å². The second kappa shape index (κ2) is 5.90. The summed E-state index contributed by atoms with van der Waals surface area (Å²) in [5.74, 6) is 0.0308. The highest BCUT2D eigenvalue weighted by atomic mass is 127. The van der Waals surface area contributed by atoms with Gasteiger partial charge in [0.05, 0.1) is 5.69 Å². The third-order valence-corrected chi connectivity index (χ3v) is 4.42. The second-order valence-electron chi connectivity index (χ2n) is 4.81. The Morgan fingerprint density at radius 2 is 2.11 bits per heavy atom. The fourth-order valence-electron chi connectivity index (χ4n) is 2.17. The van der Waals surface area contributed by atoms with E-state index in [2.05, 4.69) is 27.9 Å². The number of hydrogen-bond donors (Lipinski definition) is 1. The molecule has 1 N–H and O–H groups in total. The molecule has 1 saturated heterocycles. The number of amides is 2. The molecule has 1 aliphatic heterocycles. The lowest BCUT2D eigenvalue weighted by molar-refractivity contribution is -0.132. The summed E-state index contributed by atoms with van der Waals surface area (Å²) in [6.07, 6.45) is 0.858. The Hall–Kier alpha value is -1.11. The lowest BCUT2D eigenvalue weighted by Crippen LogP contribution is -2.60. The van der Waals surface area contributed by atoms with Gasteiger partial charge in [-0.15, -0.1) is 0 Å². The van der Waals surface area contributed by atoms with Gasteiger partial charge in [0, 0.05) is 3.57 Å². The molecule has 2 unspecified atom stereocenters. The number of carbonyl (C=O) groups is 2. The van der Waals surface area contributed by atoms with E-state index >= 15 is 0 Å². The fourth-order valence-corrected chi connectivity index (χ4v) is 2.84. The van der Waals surface area contributed by atoms with Crippen molar-refractivity contribution in [2.75, 3.05) is 11.4 Å². The number of benzene rings is 1. The van der Waals surface area contributed by atoms with Crippen molar-refractivity contribution in [2.24, 2.45) is 5.92 Å². The summed E-state index contributed by atoms with van der Waals surface area (Å²) in [6.45, 7) is 4.11. The van der Waals surface area contributed by atoms with Gasteiger partial charge in [0.2, 0.25) is 11.8 Å². The van der Waals surface area contributed by atoms with Crippen molar-refractivity contribution in [2.45, 2.75) is 26.3 Å². The number of para-hydroxylation sites is 1. The van der Waals surface area contributed by atoms with Crippen LogP contribution in [0.2, 0.25) is 0 Å². The minimum atomic E-state index is -0.415. The Morgan fingerprint density at radius 1 is 1.42 bits per heavy atom. The molecule has 1 fully saturated rings. The summed E-state index contributed by atoms with van der Waals surface area (Å²) in [5.41, 5.74) is 0.816. The largest absolute Gasteiger partial charge is 0.342 e. The SMILES string of the molecule is CCC(C)C1NC(=O)CN(c2ccccc2I)C1=O. The number of rotatable bonds is 3. The quantitative estimate of drug-likeness (QED) is 0.827. The van der Waals surface area contributed by atoms with Crippen LogP contribution in [-0.2, 0) is 9.59 Å². The van der Waals surface area contributed by atoms with E-state index in [1.165, 1.54) is 0 Å². The number of hydrogen-bond acceptors (Lipinski definition) is 2. The molecule has 4 nitrogen and oxygen atoms in total. The Kier molecular flexibility index (Phi) is 4.44. The van der Waals surface area contributed by atoms with E-state index in [0.29, 0.717) is 0 Å². The van der Waals surface area contributed by atoms with E-state index in [4.69, 9.17) is 0 Å². The summed E-state index contributed by atoms with van der Waals surface area (Å²) in [6, 6.07) is 7.21. The molecule has 0 radical (unpaired) electrons. The van der Waals surface area contributed by atoms with Gasteiger partial charge in [0.15, 0.2) is 0 Å². The van der Waals surface area contributed by atoms with Crippen LogP contribution in [0.1, 0.15) is 20.3 Å². The molecule has 1 heterocycles. The van der Waals surface area contributed by atoms with Gasteiger partial charge in [-0.3, -0.25) is 9.59 Å². The van der Waals surface area contributed by atoms with Crippen molar-refractivity contribution in [3.8, 4) is 0 Å². The van der Waals surface area contributed by atoms with E-state index in [0.717, 1.165) is 15.7 Å². The summed E-state index contributed by atoms with van der Waals surface area (Å²) in [5, 5.41) is 2.80. The Bertz CT molecular complexity index is 504. The monoisotopic (exact) mass is 372 g/mol. The first-order valence-corrected chi connectivity index (χ1v) is 7.47. The number of carbonyl (C=O) groups excluding carboxylic acids is 2. The molecule has 1 aromatic rings. The van der Waals surface area contributed by atoms with Crippen LogP contribution in [0.5, 0.6) is 0 Å². The zero-order valence-corrected chi connectivity index (χ0v) is 13.2. The van der Waals surface area contributed by atoms with E-state index in [-0.39, 0.29) is 24.3 Å². The predicted molar refractivity (Wildman–Crippen MR) is 82.9 cm³/mol. The van der Waals surface area contributed by atoms with Crippen LogP contribution in [0.25, 0.3) is 0 Å². The van der Waals surface area contributed by atoms with Crippen LogP contribution in [0.15, 0.2) is 24.3 Å². The van der Waals surface area contributed by atoms with Gasteiger partial charge < -0.3 is 10.2 Å². The van der Waals surface area contributed by atoms with Gasteiger partial charge in [0.1, 0.15) is 12.6 Å². The summed E-state index contributed by atoms with van der Waals surface area (Å²) >= 11 is 2.19.